The lowest BCUT2D eigenvalue weighted by Gasteiger charge is -2.11. The number of hydrogen-bond donors (Lipinski definition) is 2. The predicted molar refractivity (Wildman–Crippen MR) is 94.8 cm³/mol. The monoisotopic (exact) mass is 346 g/mol. The van der Waals surface area contributed by atoms with E-state index in [9.17, 15) is 14.0 Å². The maximum absolute atomic E-state index is 13.7. The van der Waals surface area contributed by atoms with Crippen molar-refractivity contribution in [3.63, 3.8) is 0 Å². The minimum Gasteiger partial charge on any atom is -0.353 e. The number of carbonyl (C=O) groups excluding carboxylic acids is 2. The molecule has 0 atom stereocenters. The standard InChI is InChI=1S/C18H19FN2O2S/c1-12(2)20-17(22)11-24-16-10-6-3-7-13(16)18(23)21-15-9-5-4-8-14(15)19/h3-10,12H,11H2,1-2H3,(H,20,22)(H,21,23). The second-order valence-corrected chi connectivity index (χ2v) is 6.46. The molecular formula is C18H19FN2O2S. The van der Waals surface area contributed by atoms with Crippen LogP contribution in [-0.4, -0.2) is 23.6 Å². The maximum Gasteiger partial charge on any atom is 0.256 e. The van der Waals surface area contributed by atoms with Crippen molar-refractivity contribution in [3.05, 3.63) is 59.9 Å². The lowest BCUT2D eigenvalue weighted by Crippen LogP contribution is -2.31. The summed E-state index contributed by atoms with van der Waals surface area (Å²) in [4.78, 5) is 24.9. The number of hydrogen-bond acceptors (Lipinski definition) is 3. The SMILES string of the molecule is CC(C)NC(=O)CSc1ccccc1C(=O)Nc1ccccc1F. The van der Waals surface area contributed by atoms with E-state index in [2.05, 4.69) is 10.6 Å². The van der Waals surface area contributed by atoms with Gasteiger partial charge in [0.05, 0.1) is 17.0 Å². The minimum absolute atomic E-state index is 0.0673. The predicted octanol–water partition coefficient (Wildman–Crippen LogP) is 3.69. The molecule has 0 aliphatic heterocycles. The molecule has 0 bridgehead atoms. The van der Waals surface area contributed by atoms with E-state index in [-0.39, 0.29) is 23.4 Å². The van der Waals surface area contributed by atoms with E-state index in [1.54, 1.807) is 36.4 Å². The normalized spacial score (nSPS) is 10.5. The molecule has 0 heterocycles. The van der Waals surface area contributed by atoms with Crippen LogP contribution >= 0.6 is 11.8 Å². The Kier molecular flexibility index (Phi) is 6.37. The average Bonchev–Trinajstić information content (AvgIpc) is 2.54. The smallest absolute Gasteiger partial charge is 0.256 e. The summed E-state index contributed by atoms with van der Waals surface area (Å²) in [5, 5.41) is 5.36. The van der Waals surface area contributed by atoms with Crippen LogP contribution in [0.25, 0.3) is 0 Å². The van der Waals surface area contributed by atoms with E-state index in [1.165, 1.54) is 23.9 Å². The van der Waals surface area contributed by atoms with Gasteiger partial charge in [0, 0.05) is 10.9 Å². The summed E-state index contributed by atoms with van der Waals surface area (Å²) in [6.07, 6.45) is 0. The fraction of sp³-hybridized carbons (Fsp3) is 0.222. The van der Waals surface area contributed by atoms with Crippen LogP contribution in [-0.2, 0) is 4.79 Å². The van der Waals surface area contributed by atoms with Crippen LogP contribution < -0.4 is 10.6 Å². The number of benzene rings is 2. The van der Waals surface area contributed by atoms with Crippen LogP contribution in [0.4, 0.5) is 10.1 Å². The fourth-order valence-electron chi connectivity index (χ4n) is 2.04. The summed E-state index contributed by atoms with van der Waals surface area (Å²) in [7, 11) is 0. The Morgan fingerprint density at radius 1 is 1.08 bits per heavy atom. The summed E-state index contributed by atoms with van der Waals surface area (Å²) < 4.78 is 13.7. The van der Waals surface area contributed by atoms with Crippen molar-refractivity contribution < 1.29 is 14.0 Å². The first-order valence-corrected chi connectivity index (χ1v) is 8.53. The van der Waals surface area contributed by atoms with Crippen LogP contribution in [0.2, 0.25) is 0 Å². The fourth-order valence-corrected chi connectivity index (χ4v) is 2.90. The first-order valence-electron chi connectivity index (χ1n) is 7.54. The second kappa shape index (κ2) is 8.49. The van der Waals surface area contributed by atoms with Gasteiger partial charge in [-0.2, -0.15) is 0 Å². The molecule has 0 aromatic heterocycles. The summed E-state index contributed by atoms with van der Waals surface area (Å²) >= 11 is 1.27. The number of halogens is 1. The van der Waals surface area contributed by atoms with Gasteiger partial charge in [0.15, 0.2) is 0 Å². The molecule has 2 N–H and O–H groups in total. The molecule has 0 aliphatic rings. The molecule has 0 aliphatic carbocycles. The summed E-state index contributed by atoms with van der Waals surface area (Å²) in [5.41, 5.74) is 0.531. The van der Waals surface area contributed by atoms with E-state index in [1.807, 2.05) is 13.8 Å². The van der Waals surface area contributed by atoms with E-state index in [0.29, 0.717) is 10.5 Å². The second-order valence-electron chi connectivity index (χ2n) is 5.44. The molecule has 0 saturated heterocycles. The van der Waals surface area contributed by atoms with Crippen molar-refractivity contribution in [2.75, 3.05) is 11.1 Å². The van der Waals surface area contributed by atoms with Gasteiger partial charge in [-0.3, -0.25) is 9.59 Å². The van der Waals surface area contributed by atoms with Crippen LogP contribution in [0.3, 0.4) is 0 Å². The van der Waals surface area contributed by atoms with E-state index >= 15 is 0 Å². The van der Waals surface area contributed by atoms with Gasteiger partial charge in [-0.05, 0) is 38.1 Å². The van der Waals surface area contributed by atoms with Crippen LogP contribution in [0.15, 0.2) is 53.4 Å². The molecule has 2 aromatic carbocycles. The third kappa shape index (κ3) is 5.09. The van der Waals surface area contributed by atoms with Crippen molar-refractivity contribution in [1.29, 1.82) is 0 Å². The highest BCUT2D eigenvalue weighted by Gasteiger charge is 2.14. The highest BCUT2D eigenvalue weighted by molar-refractivity contribution is 8.00. The third-order valence-electron chi connectivity index (χ3n) is 3.06. The Morgan fingerprint density at radius 3 is 2.46 bits per heavy atom. The van der Waals surface area contributed by atoms with Gasteiger partial charge in [0.2, 0.25) is 5.91 Å². The molecule has 2 amide bonds. The molecule has 0 saturated carbocycles. The lowest BCUT2D eigenvalue weighted by atomic mass is 10.2. The van der Waals surface area contributed by atoms with Crippen LogP contribution in [0, 0.1) is 5.82 Å². The Hall–Kier alpha value is -2.34. The van der Waals surface area contributed by atoms with Gasteiger partial charge in [0.25, 0.3) is 5.91 Å². The molecule has 0 spiro atoms. The van der Waals surface area contributed by atoms with Gasteiger partial charge in [0.1, 0.15) is 5.82 Å². The molecular weight excluding hydrogens is 327 g/mol. The average molecular weight is 346 g/mol. The van der Waals surface area contributed by atoms with E-state index < -0.39 is 11.7 Å². The third-order valence-corrected chi connectivity index (χ3v) is 4.14. The zero-order chi connectivity index (χ0) is 17.5. The molecule has 126 valence electrons. The first kappa shape index (κ1) is 18.0. The van der Waals surface area contributed by atoms with Gasteiger partial charge in [-0.15, -0.1) is 11.8 Å². The number of thioether (sulfide) groups is 1. The van der Waals surface area contributed by atoms with Crippen molar-refractivity contribution in [3.8, 4) is 0 Å². The Bertz CT molecular complexity index is 734. The summed E-state index contributed by atoms with van der Waals surface area (Å²) in [6.45, 7) is 3.77. The molecule has 2 aromatic rings. The number of nitrogens with one attached hydrogen (secondary N) is 2. The van der Waals surface area contributed by atoms with E-state index in [0.717, 1.165) is 0 Å². The molecule has 0 radical (unpaired) electrons. The lowest BCUT2D eigenvalue weighted by molar-refractivity contribution is -0.119. The molecule has 2 rings (SSSR count). The number of carbonyl (C=O) groups is 2. The molecule has 6 heteroatoms. The van der Waals surface area contributed by atoms with Gasteiger partial charge < -0.3 is 10.6 Å². The zero-order valence-electron chi connectivity index (χ0n) is 13.5. The molecule has 0 unspecified atom stereocenters. The number of rotatable bonds is 6. The Balaban J connectivity index is 2.09. The van der Waals surface area contributed by atoms with Crippen molar-refractivity contribution >= 4 is 29.3 Å². The zero-order valence-corrected chi connectivity index (χ0v) is 14.3. The van der Waals surface area contributed by atoms with Crippen molar-refractivity contribution in [2.45, 2.75) is 24.8 Å². The summed E-state index contributed by atoms with van der Waals surface area (Å²) in [6, 6.07) is 13.0. The van der Waals surface area contributed by atoms with Crippen LogP contribution in [0.5, 0.6) is 0 Å². The Morgan fingerprint density at radius 2 is 1.75 bits per heavy atom. The minimum atomic E-state index is -0.493. The quantitative estimate of drug-likeness (QED) is 0.784. The highest BCUT2D eigenvalue weighted by atomic mass is 32.2. The van der Waals surface area contributed by atoms with Crippen molar-refractivity contribution in [1.82, 2.24) is 5.32 Å². The molecule has 4 nitrogen and oxygen atoms in total. The highest BCUT2D eigenvalue weighted by Crippen LogP contribution is 2.24. The number of para-hydroxylation sites is 1. The van der Waals surface area contributed by atoms with Crippen LogP contribution in [0.1, 0.15) is 24.2 Å². The Labute approximate surface area is 144 Å². The largest absolute Gasteiger partial charge is 0.353 e. The van der Waals surface area contributed by atoms with Gasteiger partial charge in [-0.1, -0.05) is 24.3 Å². The maximum atomic E-state index is 13.7. The topological polar surface area (TPSA) is 58.2 Å². The first-order chi connectivity index (χ1) is 11.5. The summed E-state index contributed by atoms with van der Waals surface area (Å²) in [5.74, 6) is -0.790. The van der Waals surface area contributed by atoms with Crippen molar-refractivity contribution in [2.24, 2.45) is 0 Å². The number of amides is 2. The molecule has 24 heavy (non-hydrogen) atoms. The van der Waals surface area contributed by atoms with E-state index in [4.69, 9.17) is 0 Å². The van der Waals surface area contributed by atoms with Gasteiger partial charge in [-0.25, -0.2) is 4.39 Å². The van der Waals surface area contributed by atoms with Gasteiger partial charge >= 0.3 is 0 Å². The number of anilines is 1. The molecule has 0 fully saturated rings.